The van der Waals surface area contributed by atoms with Crippen LogP contribution < -0.4 is 11.1 Å². The normalized spacial score (nSPS) is 18.0. The largest absolute Gasteiger partial charge is 0.355 e. The Morgan fingerprint density at radius 3 is 2.75 bits per heavy atom. The van der Waals surface area contributed by atoms with Gasteiger partial charge in [-0.1, -0.05) is 0 Å². The fourth-order valence-corrected chi connectivity index (χ4v) is 1.09. The molecule has 0 radical (unpaired) electrons. The number of hydrogen-bond donors (Lipinski definition) is 2. The van der Waals surface area contributed by atoms with Crippen LogP contribution in [0.2, 0.25) is 0 Å². The van der Waals surface area contributed by atoms with Crippen LogP contribution in [-0.4, -0.2) is 19.0 Å². The van der Waals surface area contributed by atoms with Crippen LogP contribution in [0.5, 0.6) is 0 Å². The van der Waals surface area contributed by atoms with Crippen molar-refractivity contribution in [3.63, 3.8) is 0 Å². The quantitative estimate of drug-likeness (QED) is 0.567. The van der Waals surface area contributed by atoms with Gasteiger partial charge in [-0.05, 0) is 12.8 Å². The molecule has 0 atom stereocenters. The molecule has 4 nitrogen and oxygen atoms in total. The summed E-state index contributed by atoms with van der Waals surface area (Å²) in [6, 6.07) is 1.97. The maximum Gasteiger partial charge on any atom is 0.227 e. The van der Waals surface area contributed by atoms with E-state index in [0.29, 0.717) is 19.5 Å². The first-order valence-electron chi connectivity index (χ1n) is 4.10. The van der Waals surface area contributed by atoms with E-state index in [-0.39, 0.29) is 11.3 Å². The number of amides is 1. The molecule has 66 valence electrons. The molecule has 0 unspecified atom stereocenters. The predicted octanol–water partition coefficient (Wildman–Crippen LogP) is -0.245. The van der Waals surface area contributed by atoms with Gasteiger partial charge in [0.2, 0.25) is 5.91 Å². The van der Waals surface area contributed by atoms with Crippen LogP contribution >= 0.6 is 0 Å². The summed E-state index contributed by atoms with van der Waals surface area (Å²) in [6.45, 7) is 0.864. The zero-order valence-corrected chi connectivity index (χ0v) is 6.97. The number of nitrogens with zero attached hydrogens (tertiary/aromatic N) is 1. The van der Waals surface area contributed by atoms with Crippen molar-refractivity contribution in [1.29, 1.82) is 5.26 Å². The van der Waals surface area contributed by atoms with Gasteiger partial charge in [0.15, 0.2) is 0 Å². The zero-order valence-electron chi connectivity index (χ0n) is 6.97. The van der Waals surface area contributed by atoms with Crippen molar-refractivity contribution < 1.29 is 4.79 Å². The summed E-state index contributed by atoms with van der Waals surface area (Å²) in [6.07, 6.45) is 2.15. The van der Waals surface area contributed by atoms with E-state index >= 15 is 0 Å². The minimum Gasteiger partial charge on any atom is -0.355 e. The van der Waals surface area contributed by atoms with Crippen molar-refractivity contribution in [2.45, 2.75) is 19.3 Å². The SMILES string of the molecule is N#CCCNC(=O)C1(CN)CC1. The predicted molar refractivity (Wildman–Crippen MR) is 44.0 cm³/mol. The van der Waals surface area contributed by atoms with Crippen LogP contribution in [-0.2, 0) is 4.79 Å². The maximum atomic E-state index is 11.3. The van der Waals surface area contributed by atoms with Gasteiger partial charge in [-0.2, -0.15) is 5.26 Å². The number of nitrogens with two attached hydrogens (primary N) is 1. The maximum absolute atomic E-state index is 11.3. The molecule has 1 saturated carbocycles. The van der Waals surface area contributed by atoms with E-state index in [2.05, 4.69) is 5.32 Å². The van der Waals surface area contributed by atoms with Crippen molar-refractivity contribution in [2.24, 2.45) is 11.1 Å². The standard InChI is InChI=1S/C8H13N3O/c9-4-1-5-11-7(12)8(6-10)2-3-8/h1-3,5-6,10H2,(H,11,12). The highest BCUT2D eigenvalue weighted by Crippen LogP contribution is 2.44. The van der Waals surface area contributed by atoms with Gasteiger partial charge in [0.25, 0.3) is 0 Å². The lowest BCUT2D eigenvalue weighted by Crippen LogP contribution is -2.36. The Balaban J connectivity index is 2.25. The molecule has 0 heterocycles. The first kappa shape index (κ1) is 9.01. The molecular formula is C8H13N3O. The lowest BCUT2D eigenvalue weighted by atomic mass is 10.1. The Morgan fingerprint density at radius 1 is 1.67 bits per heavy atom. The summed E-state index contributed by atoms with van der Waals surface area (Å²) in [5.74, 6) is 0.0141. The minimum absolute atomic E-state index is 0.0141. The van der Waals surface area contributed by atoms with E-state index in [1.165, 1.54) is 0 Å². The van der Waals surface area contributed by atoms with Gasteiger partial charge in [0.1, 0.15) is 0 Å². The van der Waals surface area contributed by atoms with Gasteiger partial charge >= 0.3 is 0 Å². The molecule has 4 heteroatoms. The van der Waals surface area contributed by atoms with E-state index < -0.39 is 0 Å². The number of carbonyl (C=O) groups is 1. The Bertz CT molecular complexity index is 215. The lowest BCUT2D eigenvalue weighted by molar-refractivity contribution is -0.125. The third-order valence-electron chi connectivity index (χ3n) is 2.25. The van der Waals surface area contributed by atoms with E-state index in [4.69, 9.17) is 11.0 Å². The Kier molecular flexibility index (Phi) is 2.66. The number of carbonyl (C=O) groups excluding carboxylic acids is 1. The number of nitrogens with one attached hydrogen (secondary N) is 1. The fourth-order valence-electron chi connectivity index (χ4n) is 1.09. The van der Waals surface area contributed by atoms with E-state index in [0.717, 1.165) is 12.8 Å². The summed E-state index contributed by atoms with van der Waals surface area (Å²) in [5.41, 5.74) is 5.17. The second-order valence-electron chi connectivity index (χ2n) is 3.15. The van der Waals surface area contributed by atoms with Gasteiger partial charge < -0.3 is 11.1 Å². The fraction of sp³-hybridized carbons (Fsp3) is 0.750. The molecule has 0 aromatic carbocycles. The number of rotatable bonds is 4. The van der Waals surface area contributed by atoms with Gasteiger partial charge in [0, 0.05) is 13.1 Å². The summed E-state index contributed by atoms with van der Waals surface area (Å²) < 4.78 is 0. The molecule has 1 amide bonds. The van der Waals surface area contributed by atoms with Gasteiger partial charge in [-0.25, -0.2) is 0 Å². The van der Waals surface area contributed by atoms with Crippen LogP contribution in [0.4, 0.5) is 0 Å². The molecule has 1 rings (SSSR count). The van der Waals surface area contributed by atoms with E-state index in [9.17, 15) is 4.79 Å². The zero-order chi connectivity index (χ0) is 9.03. The van der Waals surface area contributed by atoms with E-state index in [1.807, 2.05) is 6.07 Å². The average molecular weight is 167 g/mol. The topological polar surface area (TPSA) is 78.9 Å². The lowest BCUT2D eigenvalue weighted by Gasteiger charge is -2.10. The van der Waals surface area contributed by atoms with Crippen molar-refractivity contribution >= 4 is 5.91 Å². The van der Waals surface area contributed by atoms with Gasteiger partial charge in [0.05, 0.1) is 17.9 Å². The Hall–Kier alpha value is -1.08. The van der Waals surface area contributed by atoms with Crippen LogP contribution in [0.1, 0.15) is 19.3 Å². The molecule has 0 aliphatic heterocycles. The molecular weight excluding hydrogens is 154 g/mol. The molecule has 0 aromatic rings. The smallest absolute Gasteiger partial charge is 0.227 e. The highest BCUT2D eigenvalue weighted by molar-refractivity contribution is 5.85. The van der Waals surface area contributed by atoms with Crippen LogP contribution in [0.25, 0.3) is 0 Å². The summed E-state index contributed by atoms with van der Waals surface area (Å²) in [4.78, 5) is 11.3. The molecule has 12 heavy (non-hydrogen) atoms. The number of nitriles is 1. The number of hydrogen-bond acceptors (Lipinski definition) is 3. The molecule has 1 fully saturated rings. The molecule has 1 aliphatic rings. The molecule has 1 aliphatic carbocycles. The molecule has 0 spiro atoms. The molecule has 0 aromatic heterocycles. The van der Waals surface area contributed by atoms with Crippen molar-refractivity contribution in [2.75, 3.05) is 13.1 Å². The summed E-state index contributed by atoms with van der Waals surface area (Å²) in [5, 5.41) is 10.9. The van der Waals surface area contributed by atoms with Crippen LogP contribution in [0, 0.1) is 16.7 Å². The second kappa shape index (κ2) is 3.55. The van der Waals surface area contributed by atoms with Gasteiger partial charge in [-0.3, -0.25) is 4.79 Å². The Labute approximate surface area is 71.7 Å². The van der Waals surface area contributed by atoms with Gasteiger partial charge in [-0.15, -0.1) is 0 Å². The Morgan fingerprint density at radius 2 is 2.33 bits per heavy atom. The summed E-state index contributed by atoms with van der Waals surface area (Å²) >= 11 is 0. The monoisotopic (exact) mass is 167 g/mol. The first-order chi connectivity index (χ1) is 5.75. The first-order valence-corrected chi connectivity index (χ1v) is 4.10. The van der Waals surface area contributed by atoms with Crippen molar-refractivity contribution in [1.82, 2.24) is 5.32 Å². The highest BCUT2D eigenvalue weighted by atomic mass is 16.2. The summed E-state index contributed by atoms with van der Waals surface area (Å²) in [7, 11) is 0. The van der Waals surface area contributed by atoms with Crippen LogP contribution in [0.3, 0.4) is 0 Å². The molecule has 0 bridgehead atoms. The van der Waals surface area contributed by atoms with Crippen LogP contribution in [0.15, 0.2) is 0 Å². The third kappa shape index (κ3) is 1.74. The van der Waals surface area contributed by atoms with E-state index in [1.54, 1.807) is 0 Å². The second-order valence-corrected chi connectivity index (χ2v) is 3.15. The van der Waals surface area contributed by atoms with Crippen molar-refractivity contribution in [3.8, 4) is 6.07 Å². The molecule has 0 saturated heterocycles. The molecule has 3 N–H and O–H groups in total. The minimum atomic E-state index is -0.282. The highest BCUT2D eigenvalue weighted by Gasteiger charge is 2.48. The van der Waals surface area contributed by atoms with Crippen molar-refractivity contribution in [3.05, 3.63) is 0 Å². The third-order valence-corrected chi connectivity index (χ3v) is 2.25. The average Bonchev–Trinajstić information content (AvgIpc) is 2.85.